The standard InChI is InChI=1S/C16H24N2O3S/c1-3-4-13-10-18(11-15(13)17)16(19)9-12-5-7-14(8-6-12)22(2,20)21/h5-8,13,15H,3-4,9-11,17H2,1-2H3/t13-,15-/m1/s1. The van der Waals surface area contributed by atoms with Crippen LogP contribution < -0.4 is 5.73 Å². The molecule has 0 unspecified atom stereocenters. The average molecular weight is 324 g/mol. The first kappa shape index (κ1) is 17.0. The zero-order valence-electron chi connectivity index (χ0n) is 13.2. The van der Waals surface area contributed by atoms with Crippen molar-refractivity contribution in [3.05, 3.63) is 29.8 Å². The summed E-state index contributed by atoms with van der Waals surface area (Å²) in [5.41, 5.74) is 6.92. The minimum Gasteiger partial charge on any atom is -0.341 e. The third kappa shape index (κ3) is 4.08. The Labute approximate surface area is 132 Å². The Morgan fingerprint density at radius 2 is 1.91 bits per heavy atom. The predicted molar refractivity (Wildman–Crippen MR) is 86.2 cm³/mol. The highest BCUT2D eigenvalue weighted by molar-refractivity contribution is 7.90. The zero-order chi connectivity index (χ0) is 16.3. The van der Waals surface area contributed by atoms with Gasteiger partial charge in [0.2, 0.25) is 5.91 Å². The van der Waals surface area contributed by atoms with E-state index in [4.69, 9.17) is 5.73 Å². The van der Waals surface area contributed by atoms with Crippen LogP contribution in [0.5, 0.6) is 0 Å². The molecule has 1 aromatic carbocycles. The topological polar surface area (TPSA) is 80.5 Å². The van der Waals surface area contributed by atoms with E-state index in [0.29, 0.717) is 12.5 Å². The van der Waals surface area contributed by atoms with E-state index in [1.165, 1.54) is 6.26 Å². The summed E-state index contributed by atoms with van der Waals surface area (Å²) in [4.78, 5) is 14.4. The van der Waals surface area contributed by atoms with Crippen LogP contribution in [-0.2, 0) is 21.1 Å². The van der Waals surface area contributed by atoms with Crippen molar-refractivity contribution < 1.29 is 13.2 Å². The molecule has 0 aliphatic carbocycles. The second kappa shape index (κ2) is 6.79. The lowest BCUT2D eigenvalue weighted by Crippen LogP contribution is -2.33. The van der Waals surface area contributed by atoms with Gasteiger partial charge in [0.25, 0.3) is 0 Å². The van der Waals surface area contributed by atoms with E-state index in [-0.39, 0.29) is 23.3 Å². The molecule has 1 fully saturated rings. The van der Waals surface area contributed by atoms with E-state index in [2.05, 4.69) is 6.92 Å². The first-order valence-corrected chi connectivity index (χ1v) is 9.52. The monoisotopic (exact) mass is 324 g/mol. The van der Waals surface area contributed by atoms with Crippen molar-refractivity contribution in [3.8, 4) is 0 Å². The third-order valence-electron chi connectivity index (χ3n) is 4.21. The molecule has 0 saturated carbocycles. The number of carbonyl (C=O) groups is 1. The number of carbonyl (C=O) groups excluding carboxylic acids is 1. The number of nitrogens with two attached hydrogens (primary N) is 1. The Kier molecular flexibility index (Phi) is 5.24. The lowest BCUT2D eigenvalue weighted by atomic mass is 9.99. The van der Waals surface area contributed by atoms with E-state index >= 15 is 0 Å². The van der Waals surface area contributed by atoms with Crippen LogP contribution in [0.1, 0.15) is 25.3 Å². The van der Waals surface area contributed by atoms with Crippen molar-refractivity contribution in [2.75, 3.05) is 19.3 Å². The fraction of sp³-hybridized carbons (Fsp3) is 0.562. The molecule has 1 heterocycles. The Hall–Kier alpha value is -1.40. The van der Waals surface area contributed by atoms with Crippen molar-refractivity contribution in [1.82, 2.24) is 4.90 Å². The molecule has 2 atom stereocenters. The number of hydrogen-bond acceptors (Lipinski definition) is 4. The summed E-state index contributed by atoms with van der Waals surface area (Å²) >= 11 is 0. The third-order valence-corrected chi connectivity index (χ3v) is 5.34. The summed E-state index contributed by atoms with van der Waals surface area (Å²) < 4.78 is 22.8. The fourth-order valence-corrected chi connectivity index (χ4v) is 3.55. The highest BCUT2D eigenvalue weighted by Gasteiger charge is 2.31. The number of nitrogens with zero attached hydrogens (tertiary/aromatic N) is 1. The molecule has 1 aromatic rings. The molecule has 2 rings (SSSR count). The first-order chi connectivity index (χ1) is 10.3. The molecular formula is C16H24N2O3S. The number of amides is 1. The molecule has 5 nitrogen and oxygen atoms in total. The van der Waals surface area contributed by atoms with Gasteiger partial charge in [0.1, 0.15) is 0 Å². The van der Waals surface area contributed by atoms with E-state index in [0.717, 1.165) is 24.9 Å². The predicted octanol–water partition coefficient (Wildman–Crippen LogP) is 1.22. The Balaban J connectivity index is 1.98. The molecule has 122 valence electrons. The van der Waals surface area contributed by atoms with Gasteiger partial charge < -0.3 is 10.6 Å². The van der Waals surface area contributed by atoms with Crippen LogP contribution in [0.4, 0.5) is 0 Å². The molecule has 6 heteroatoms. The van der Waals surface area contributed by atoms with Crippen molar-refractivity contribution in [2.24, 2.45) is 11.7 Å². The quantitative estimate of drug-likeness (QED) is 0.883. The summed E-state index contributed by atoms with van der Waals surface area (Å²) in [6, 6.07) is 6.57. The molecule has 0 radical (unpaired) electrons. The number of rotatable bonds is 5. The lowest BCUT2D eigenvalue weighted by molar-refractivity contribution is -0.129. The average Bonchev–Trinajstić information content (AvgIpc) is 2.80. The maximum Gasteiger partial charge on any atom is 0.227 e. The highest BCUT2D eigenvalue weighted by Crippen LogP contribution is 2.21. The minimum absolute atomic E-state index is 0.0566. The van der Waals surface area contributed by atoms with Gasteiger partial charge in [-0.1, -0.05) is 25.5 Å². The van der Waals surface area contributed by atoms with Gasteiger partial charge in [0.15, 0.2) is 9.84 Å². The van der Waals surface area contributed by atoms with Crippen molar-refractivity contribution >= 4 is 15.7 Å². The van der Waals surface area contributed by atoms with E-state index in [9.17, 15) is 13.2 Å². The van der Waals surface area contributed by atoms with E-state index in [1.807, 2.05) is 4.90 Å². The molecule has 22 heavy (non-hydrogen) atoms. The van der Waals surface area contributed by atoms with Gasteiger partial charge in [0, 0.05) is 25.4 Å². The zero-order valence-corrected chi connectivity index (χ0v) is 14.0. The molecular weight excluding hydrogens is 300 g/mol. The highest BCUT2D eigenvalue weighted by atomic mass is 32.2. The van der Waals surface area contributed by atoms with E-state index < -0.39 is 9.84 Å². The molecule has 2 N–H and O–H groups in total. The van der Waals surface area contributed by atoms with Gasteiger partial charge >= 0.3 is 0 Å². The molecule has 1 amide bonds. The Bertz CT molecular complexity index is 625. The van der Waals surface area contributed by atoms with Gasteiger partial charge in [0.05, 0.1) is 11.3 Å². The molecule has 0 spiro atoms. The van der Waals surface area contributed by atoms with Gasteiger partial charge in [-0.3, -0.25) is 4.79 Å². The summed E-state index contributed by atoms with van der Waals surface area (Å²) in [6.45, 7) is 3.47. The van der Waals surface area contributed by atoms with E-state index in [1.54, 1.807) is 24.3 Å². The summed E-state index contributed by atoms with van der Waals surface area (Å²) in [5.74, 6) is 0.447. The first-order valence-electron chi connectivity index (χ1n) is 7.63. The Morgan fingerprint density at radius 1 is 1.27 bits per heavy atom. The van der Waals surface area contributed by atoms with Crippen LogP contribution in [-0.4, -0.2) is 44.6 Å². The SMILES string of the molecule is CCC[C@@H]1CN(C(=O)Cc2ccc(S(C)(=O)=O)cc2)C[C@H]1N. The Morgan fingerprint density at radius 3 is 2.45 bits per heavy atom. The van der Waals surface area contributed by atoms with Crippen LogP contribution in [0.2, 0.25) is 0 Å². The van der Waals surface area contributed by atoms with Gasteiger partial charge in [-0.15, -0.1) is 0 Å². The fourth-order valence-electron chi connectivity index (χ4n) is 2.92. The summed E-state index contributed by atoms with van der Waals surface area (Å²) in [7, 11) is -3.20. The van der Waals surface area contributed by atoms with Gasteiger partial charge in [-0.2, -0.15) is 0 Å². The van der Waals surface area contributed by atoms with Crippen molar-refractivity contribution in [2.45, 2.75) is 37.1 Å². The number of sulfone groups is 1. The second-order valence-corrected chi connectivity index (χ2v) is 8.12. The smallest absolute Gasteiger partial charge is 0.227 e. The van der Waals surface area contributed by atoms with Crippen molar-refractivity contribution in [1.29, 1.82) is 0 Å². The summed E-state index contributed by atoms with van der Waals surface area (Å²) in [5, 5.41) is 0. The molecule has 1 aliphatic heterocycles. The van der Waals surface area contributed by atoms with Crippen LogP contribution in [0.25, 0.3) is 0 Å². The lowest BCUT2D eigenvalue weighted by Gasteiger charge is -2.16. The van der Waals surface area contributed by atoms with Crippen LogP contribution in [0.3, 0.4) is 0 Å². The molecule has 1 saturated heterocycles. The van der Waals surface area contributed by atoms with Gasteiger partial charge in [-0.05, 0) is 30.0 Å². The number of likely N-dealkylation sites (tertiary alicyclic amines) is 1. The van der Waals surface area contributed by atoms with Crippen LogP contribution in [0.15, 0.2) is 29.2 Å². The minimum atomic E-state index is -3.20. The van der Waals surface area contributed by atoms with Crippen molar-refractivity contribution in [3.63, 3.8) is 0 Å². The maximum atomic E-state index is 12.3. The van der Waals surface area contributed by atoms with Crippen LogP contribution in [0, 0.1) is 5.92 Å². The number of hydrogen-bond donors (Lipinski definition) is 1. The number of benzene rings is 1. The normalized spacial score (nSPS) is 22.0. The molecule has 0 aromatic heterocycles. The maximum absolute atomic E-state index is 12.3. The van der Waals surface area contributed by atoms with Crippen LogP contribution >= 0.6 is 0 Å². The summed E-state index contributed by atoms with van der Waals surface area (Å²) in [6.07, 6.45) is 3.59. The molecule has 1 aliphatic rings. The largest absolute Gasteiger partial charge is 0.341 e. The molecule has 0 bridgehead atoms. The van der Waals surface area contributed by atoms with Gasteiger partial charge in [-0.25, -0.2) is 8.42 Å². The second-order valence-electron chi connectivity index (χ2n) is 6.10.